The van der Waals surface area contributed by atoms with E-state index in [0.29, 0.717) is 18.4 Å². The largest absolute Gasteiger partial charge is 0.463 e. The lowest BCUT2D eigenvalue weighted by Crippen LogP contribution is -2.03. The SMILES string of the molecule is CCOC(=O)c1nnc(OCc2cccs2)s1. The summed E-state index contributed by atoms with van der Waals surface area (Å²) in [6.45, 7) is 2.51. The van der Waals surface area contributed by atoms with E-state index in [0.717, 1.165) is 16.2 Å². The normalized spacial score (nSPS) is 10.2. The first kappa shape index (κ1) is 12.0. The van der Waals surface area contributed by atoms with Gasteiger partial charge in [0.1, 0.15) is 6.61 Å². The number of thiophene rings is 1. The summed E-state index contributed by atoms with van der Waals surface area (Å²) in [5.74, 6) is -0.462. The van der Waals surface area contributed by atoms with Crippen molar-refractivity contribution in [3.05, 3.63) is 27.4 Å². The fourth-order valence-corrected chi connectivity index (χ4v) is 2.28. The lowest BCUT2D eigenvalue weighted by molar-refractivity contribution is 0.0525. The van der Waals surface area contributed by atoms with Crippen LogP contribution in [0.5, 0.6) is 5.19 Å². The Kier molecular flexibility index (Phi) is 4.05. The van der Waals surface area contributed by atoms with Crippen molar-refractivity contribution in [3.63, 3.8) is 0 Å². The minimum absolute atomic E-state index is 0.216. The molecule has 0 spiro atoms. The summed E-state index contributed by atoms with van der Waals surface area (Å²) in [6.07, 6.45) is 0. The highest BCUT2D eigenvalue weighted by atomic mass is 32.1. The van der Waals surface area contributed by atoms with Gasteiger partial charge in [0.25, 0.3) is 5.19 Å². The van der Waals surface area contributed by atoms with Crippen LogP contribution in [0.1, 0.15) is 21.6 Å². The molecule has 0 aliphatic rings. The van der Waals surface area contributed by atoms with Crippen molar-refractivity contribution in [3.8, 4) is 5.19 Å². The van der Waals surface area contributed by atoms with Crippen LogP contribution in [0.15, 0.2) is 17.5 Å². The van der Waals surface area contributed by atoms with Crippen LogP contribution in [0.4, 0.5) is 0 Å². The molecule has 2 aromatic rings. The number of hydrogen-bond acceptors (Lipinski definition) is 7. The molecule has 2 heterocycles. The fraction of sp³-hybridized carbons (Fsp3) is 0.300. The molecule has 7 heteroatoms. The molecule has 0 amide bonds. The Morgan fingerprint density at radius 2 is 2.35 bits per heavy atom. The van der Waals surface area contributed by atoms with Crippen molar-refractivity contribution in [2.24, 2.45) is 0 Å². The van der Waals surface area contributed by atoms with Gasteiger partial charge in [-0.2, -0.15) is 0 Å². The first-order valence-corrected chi connectivity index (χ1v) is 6.65. The molecule has 0 aliphatic heterocycles. The molecule has 0 aliphatic carbocycles. The molecule has 0 bridgehead atoms. The third-order valence-corrected chi connectivity index (χ3v) is 3.44. The van der Waals surface area contributed by atoms with Crippen LogP contribution >= 0.6 is 22.7 Å². The second-order valence-electron chi connectivity index (χ2n) is 2.96. The van der Waals surface area contributed by atoms with Gasteiger partial charge in [0, 0.05) is 4.88 Å². The number of carbonyl (C=O) groups is 1. The van der Waals surface area contributed by atoms with Crippen molar-refractivity contribution in [1.82, 2.24) is 10.2 Å². The van der Waals surface area contributed by atoms with E-state index in [4.69, 9.17) is 9.47 Å². The lowest BCUT2D eigenvalue weighted by atomic mass is 10.5. The number of ether oxygens (including phenoxy) is 2. The van der Waals surface area contributed by atoms with E-state index < -0.39 is 5.97 Å². The Labute approximate surface area is 106 Å². The summed E-state index contributed by atoms with van der Waals surface area (Å²) in [7, 11) is 0. The Hall–Kier alpha value is -1.47. The third kappa shape index (κ3) is 3.24. The number of esters is 1. The van der Waals surface area contributed by atoms with Gasteiger partial charge in [-0.1, -0.05) is 11.2 Å². The van der Waals surface area contributed by atoms with Crippen LogP contribution in [-0.2, 0) is 11.3 Å². The maximum Gasteiger partial charge on any atom is 0.369 e. The van der Waals surface area contributed by atoms with E-state index in [2.05, 4.69) is 10.2 Å². The zero-order chi connectivity index (χ0) is 12.1. The first-order valence-electron chi connectivity index (χ1n) is 4.95. The number of nitrogens with zero attached hydrogens (tertiary/aromatic N) is 2. The molecule has 0 atom stereocenters. The monoisotopic (exact) mass is 270 g/mol. The van der Waals surface area contributed by atoms with E-state index in [1.54, 1.807) is 18.3 Å². The van der Waals surface area contributed by atoms with Gasteiger partial charge in [-0.3, -0.25) is 0 Å². The highest BCUT2D eigenvalue weighted by Crippen LogP contribution is 2.20. The molecule has 90 valence electrons. The summed E-state index contributed by atoms with van der Waals surface area (Å²) in [5, 5.41) is 10.0. The predicted molar refractivity (Wildman–Crippen MR) is 64.5 cm³/mol. The molecule has 17 heavy (non-hydrogen) atoms. The summed E-state index contributed by atoms with van der Waals surface area (Å²) in [6, 6.07) is 3.92. The van der Waals surface area contributed by atoms with Gasteiger partial charge < -0.3 is 9.47 Å². The average molecular weight is 270 g/mol. The molecule has 0 aromatic carbocycles. The van der Waals surface area contributed by atoms with Gasteiger partial charge in [-0.15, -0.1) is 16.4 Å². The van der Waals surface area contributed by atoms with Crippen LogP contribution in [0.25, 0.3) is 0 Å². The molecule has 0 saturated carbocycles. The van der Waals surface area contributed by atoms with Gasteiger partial charge >= 0.3 is 5.97 Å². The van der Waals surface area contributed by atoms with Crippen LogP contribution < -0.4 is 4.74 Å². The molecule has 0 unspecified atom stereocenters. The third-order valence-electron chi connectivity index (χ3n) is 1.77. The highest BCUT2D eigenvalue weighted by molar-refractivity contribution is 7.14. The highest BCUT2D eigenvalue weighted by Gasteiger charge is 2.14. The van der Waals surface area contributed by atoms with Crippen molar-refractivity contribution in [2.45, 2.75) is 13.5 Å². The van der Waals surface area contributed by atoms with Gasteiger partial charge in [0.2, 0.25) is 5.01 Å². The van der Waals surface area contributed by atoms with Gasteiger partial charge in [-0.05, 0) is 29.7 Å². The zero-order valence-electron chi connectivity index (χ0n) is 9.08. The van der Waals surface area contributed by atoms with Crippen LogP contribution in [0.2, 0.25) is 0 Å². The maximum absolute atomic E-state index is 11.3. The van der Waals surface area contributed by atoms with Gasteiger partial charge in [0.15, 0.2) is 0 Å². The van der Waals surface area contributed by atoms with Crippen molar-refractivity contribution >= 4 is 28.6 Å². The number of carbonyl (C=O) groups excluding carboxylic acids is 1. The summed E-state index contributed by atoms with van der Waals surface area (Å²) < 4.78 is 10.2. The molecular formula is C10H10N2O3S2. The molecular weight excluding hydrogens is 260 g/mol. The van der Waals surface area contributed by atoms with Crippen molar-refractivity contribution in [2.75, 3.05) is 6.61 Å². The van der Waals surface area contributed by atoms with Crippen LogP contribution in [0, 0.1) is 0 Å². The summed E-state index contributed by atoms with van der Waals surface area (Å²) in [5.41, 5.74) is 0. The molecule has 0 fully saturated rings. The smallest absolute Gasteiger partial charge is 0.369 e. The standard InChI is InChI=1S/C10H10N2O3S2/c1-2-14-9(13)8-11-12-10(17-8)15-6-7-4-3-5-16-7/h3-5H,2,6H2,1H3. The van der Waals surface area contributed by atoms with E-state index >= 15 is 0 Å². The Morgan fingerprint density at radius 1 is 1.47 bits per heavy atom. The minimum atomic E-state index is -0.462. The second-order valence-corrected chi connectivity index (χ2v) is 4.93. The fourth-order valence-electron chi connectivity index (χ4n) is 1.07. The lowest BCUT2D eigenvalue weighted by Gasteiger charge is -1.97. The Balaban J connectivity index is 1.92. The van der Waals surface area contributed by atoms with Gasteiger partial charge in [0.05, 0.1) is 6.61 Å². The molecule has 0 saturated heterocycles. The first-order chi connectivity index (χ1) is 8.29. The quantitative estimate of drug-likeness (QED) is 0.780. The molecule has 0 N–H and O–H groups in total. The molecule has 5 nitrogen and oxygen atoms in total. The number of hydrogen-bond donors (Lipinski definition) is 0. The van der Waals surface area contributed by atoms with Gasteiger partial charge in [-0.25, -0.2) is 4.79 Å². The molecule has 2 aromatic heterocycles. The zero-order valence-corrected chi connectivity index (χ0v) is 10.7. The Bertz CT molecular complexity index is 481. The van der Waals surface area contributed by atoms with Crippen LogP contribution in [-0.4, -0.2) is 22.8 Å². The second kappa shape index (κ2) is 5.74. The van der Waals surface area contributed by atoms with Crippen molar-refractivity contribution in [1.29, 1.82) is 0 Å². The topological polar surface area (TPSA) is 61.3 Å². The average Bonchev–Trinajstić information content (AvgIpc) is 2.98. The summed E-state index contributed by atoms with van der Waals surface area (Å²) >= 11 is 2.69. The number of aromatic nitrogens is 2. The van der Waals surface area contributed by atoms with E-state index in [-0.39, 0.29) is 5.01 Å². The van der Waals surface area contributed by atoms with E-state index in [1.165, 1.54) is 0 Å². The maximum atomic E-state index is 11.3. The molecule has 2 rings (SSSR count). The van der Waals surface area contributed by atoms with Crippen molar-refractivity contribution < 1.29 is 14.3 Å². The minimum Gasteiger partial charge on any atom is -0.463 e. The van der Waals surface area contributed by atoms with E-state index in [1.807, 2.05) is 17.5 Å². The van der Waals surface area contributed by atoms with E-state index in [9.17, 15) is 4.79 Å². The Morgan fingerprint density at radius 3 is 3.06 bits per heavy atom. The molecule has 0 radical (unpaired) electrons. The van der Waals surface area contributed by atoms with Crippen LogP contribution in [0.3, 0.4) is 0 Å². The summed E-state index contributed by atoms with van der Waals surface area (Å²) in [4.78, 5) is 12.4. The predicted octanol–water partition coefficient (Wildman–Crippen LogP) is 2.36. The number of rotatable bonds is 5.